The molecule has 18 heavy (non-hydrogen) atoms. The molecule has 0 aromatic heterocycles. The fraction of sp³-hybridized carbons (Fsp3) is 0.533. The Bertz CT molecular complexity index is 438. The van der Waals surface area contributed by atoms with Crippen LogP contribution in [0.1, 0.15) is 26.2 Å². The van der Waals surface area contributed by atoms with Crippen LogP contribution in [0.15, 0.2) is 24.3 Å². The maximum absolute atomic E-state index is 9.17. The Morgan fingerprint density at radius 2 is 2.06 bits per heavy atom. The van der Waals surface area contributed by atoms with Gasteiger partial charge in [0.15, 0.2) is 0 Å². The van der Waals surface area contributed by atoms with Crippen molar-refractivity contribution in [1.82, 2.24) is 0 Å². The van der Waals surface area contributed by atoms with E-state index in [1.54, 1.807) is 7.11 Å². The summed E-state index contributed by atoms with van der Waals surface area (Å²) >= 11 is 0. The summed E-state index contributed by atoms with van der Waals surface area (Å²) < 4.78 is 11.1. The number of hydrogen-bond donors (Lipinski definition) is 0. The third kappa shape index (κ3) is 2.95. The van der Waals surface area contributed by atoms with Gasteiger partial charge in [-0.25, -0.2) is 0 Å². The molecule has 3 nitrogen and oxygen atoms in total. The summed E-state index contributed by atoms with van der Waals surface area (Å²) in [5, 5.41) is 9.17. The second kappa shape index (κ2) is 5.77. The molecule has 0 radical (unpaired) electrons. The van der Waals surface area contributed by atoms with Crippen LogP contribution in [0.5, 0.6) is 11.5 Å². The van der Waals surface area contributed by atoms with Gasteiger partial charge in [-0.15, -0.1) is 0 Å². The Kier molecular flexibility index (Phi) is 4.09. The summed E-state index contributed by atoms with van der Waals surface area (Å²) in [4.78, 5) is 0. The Balaban J connectivity index is 2.08. The molecular weight excluding hydrogens is 226 g/mol. The topological polar surface area (TPSA) is 42.2 Å². The third-order valence-electron chi connectivity index (χ3n) is 3.55. The average molecular weight is 245 g/mol. The fourth-order valence-electron chi connectivity index (χ4n) is 2.46. The Morgan fingerprint density at radius 1 is 1.28 bits per heavy atom. The summed E-state index contributed by atoms with van der Waals surface area (Å²) in [7, 11) is 1.64. The Labute approximate surface area is 108 Å². The lowest BCUT2D eigenvalue weighted by Gasteiger charge is -2.31. The normalized spacial score (nSPS) is 27.3. The SMILES string of the molecule is COc1cccc(OC2CC(C)CCC2C#N)c1. The molecule has 2 rings (SSSR count). The van der Waals surface area contributed by atoms with E-state index in [-0.39, 0.29) is 12.0 Å². The molecular formula is C15H19NO2. The second-order valence-electron chi connectivity index (χ2n) is 4.99. The van der Waals surface area contributed by atoms with Crippen LogP contribution >= 0.6 is 0 Å². The molecule has 1 fully saturated rings. The van der Waals surface area contributed by atoms with Gasteiger partial charge in [-0.3, -0.25) is 0 Å². The van der Waals surface area contributed by atoms with Crippen LogP contribution in [0.3, 0.4) is 0 Å². The molecule has 0 aliphatic heterocycles. The smallest absolute Gasteiger partial charge is 0.123 e. The van der Waals surface area contributed by atoms with Gasteiger partial charge in [0.1, 0.15) is 17.6 Å². The summed E-state index contributed by atoms with van der Waals surface area (Å²) in [5.74, 6) is 2.20. The van der Waals surface area contributed by atoms with E-state index in [4.69, 9.17) is 9.47 Å². The summed E-state index contributed by atoms with van der Waals surface area (Å²) in [6.45, 7) is 2.22. The minimum atomic E-state index is 0.00542. The molecule has 3 unspecified atom stereocenters. The standard InChI is InChI=1S/C15H19NO2/c1-11-6-7-12(10-16)15(8-11)18-14-5-3-4-13(9-14)17-2/h3-5,9,11-12,15H,6-8H2,1-2H3. The highest BCUT2D eigenvalue weighted by Crippen LogP contribution is 2.32. The molecule has 0 amide bonds. The first-order chi connectivity index (χ1) is 8.72. The number of benzene rings is 1. The number of ether oxygens (including phenoxy) is 2. The van der Waals surface area contributed by atoms with Crippen molar-refractivity contribution < 1.29 is 9.47 Å². The van der Waals surface area contributed by atoms with Crippen LogP contribution in [-0.4, -0.2) is 13.2 Å². The fourth-order valence-corrected chi connectivity index (χ4v) is 2.46. The number of methoxy groups -OCH3 is 1. The van der Waals surface area contributed by atoms with Crippen LogP contribution < -0.4 is 9.47 Å². The average Bonchev–Trinajstić information content (AvgIpc) is 2.39. The van der Waals surface area contributed by atoms with Gasteiger partial charge < -0.3 is 9.47 Å². The Morgan fingerprint density at radius 3 is 2.78 bits per heavy atom. The van der Waals surface area contributed by atoms with Gasteiger partial charge in [-0.2, -0.15) is 5.26 Å². The minimum Gasteiger partial charge on any atom is -0.497 e. The van der Waals surface area contributed by atoms with Crippen molar-refractivity contribution in [3.05, 3.63) is 24.3 Å². The van der Waals surface area contributed by atoms with Crippen LogP contribution in [-0.2, 0) is 0 Å². The van der Waals surface area contributed by atoms with Gasteiger partial charge in [0.25, 0.3) is 0 Å². The van der Waals surface area contributed by atoms with Gasteiger partial charge in [0.2, 0.25) is 0 Å². The molecule has 0 N–H and O–H groups in total. The lowest BCUT2D eigenvalue weighted by Crippen LogP contribution is -2.32. The highest BCUT2D eigenvalue weighted by atomic mass is 16.5. The monoisotopic (exact) mass is 245 g/mol. The van der Waals surface area contributed by atoms with E-state index in [9.17, 15) is 5.26 Å². The highest BCUT2D eigenvalue weighted by Gasteiger charge is 2.30. The molecule has 1 aliphatic carbocycles. The number of nitriles is 1. The van der Waals surface area contributed by atoms with Crippen molar-refractivity contribution in [2.75, 3.05) is 7.11 Å². The zero-order valence-electron chi connectivity index (χ0n) is 10.9. The highest BCUT2D eigenvalue weighted by molar-refractivity contribution is 5.33. The van der Waals surface area contributed by atoms with Crippen molar-refractivity contribution in [2.45, 2.75) is 32.3 Å². The van der Waals surface area contributed by atoms with E-state index in [0.29, 0.717) is 5.92 Å². The zero-order valence-corrected chi connectivity index (χ0v) is 10.9. The summed E-state index contributed by atoms with van der Waals surface area (Å²) in [6, 6.07) is 9.94. The maximum Gasteiger partial charge on any atom is 0.123 e. The number of rotatable bonds is 3. The lowest BCUT2D eigenvalue weighted by molar-refractivity contribution is 0.0954. The number of hydrogen-bond acceptors (Lipinski definition) is 3. The van der Waals surface area contributed by atoms with Crippen LogP contribution in [0.2, 0.25) is 0 Å². The molecule has 0 spiro atoms. The molecule has 3 atom stereocenters. The van der Waals surface area contributed by atoms with Gasteiger partial charge in [0, 0.05) is 6.07 Å². The van der Waals surface area contributed by atoms with Crippen molar-refractivity contribution in [3.8, 4) is 17.6 Å². The molecule has 1 saturated carbocycles. The summed E-state index contributed by atoms with van der Waals surface area (Å²) in [5.41, 5.74) is 0. The van der Waals surface area contributed by atoms with E-state index in [1.807, 2.05) is 24.3 Å². The lowest BCUT2D eigenvalue weighted by atomic mass is 9.81. The van der Waals surface area contributed by atoms with Gasteiger partial charge >= 0.3 is 0 Å². The first-order valence-corrected chi connectivity index (χ1v) is 6.43. The van der Waals surface area contributed by atoms with Gasteiger partial charge in [0.05, 0.1) is 19.1 Å². The number of nitrogens with zero attached hydrogens (tertiary/aromatic N) is 1. The maximum atomic E-state index is 9.17. The predicted octanol–water partition coefficient (Wildman–Crippen LogP) is 3.40. The molecule has 96 valence electrons. The van der Waals surface area contributed by atoms with Crippen molar-refractivity contribution in [3.63, 3.8) is 0 Å². The van der Waals surface area contributed by atoms with Crippen molar-refractivity contribution >= 4 is 0 Å². The first kappa shape index (κ1) is 12.8. The first-order valence-electron chi connectivity index (χ1n) is 6.43. The minimum absolute atomic E-state index is 0.00542. The van der Waals surface area contributed by atoms with Crippen molar-refractivity contribution in [1.29, 1.82) is 5.26 Å². The van der Waals surface area contributed by atoms with Crippen molar-refractivity contribution in [2.24, 2.45) is 11.8 Å². The van der Waals surface area contributed by atoms with Crippen LogP contribution in [0, 0.1) is 23.2 Å². The summed E-state index contributed by atoms with van der Waals surface area (Å²) in [6.07, 6.45) is 3.02. The third-order valence-corrected chi connectivity index (χ3v) is 3.55. The van der Waals surface area contributed by atoms with E-state index in [1.165, 1.54) is 0 Å². The predicted molar refractivity (Wildman–Crippen MR) is 69.5 cm³/mol. The zero-order chi connectivity index (χ0) is 13.0. The van der Waals surface area contributed by atoms with Gasteiger partial charge in [-0.05, 0) is 37.3 Å². The van der Waals surface area contributed by atoms with E-state index in [0.717, 1.165) is 30.8 Å². The molecule has 0 saturated heterocycles. The van der Waals surface area contributed by atoms with E-state index in [2.05, 4.69) is 13.0 Å². The quantitative estimate of drug-likeness (QED) is 0.819. The largest absolute Gasteiger partial charge is 0.497 e. The van der Waals surface area contributed by atoms with E-state index >= 15 is 0 Å². The molecule has 1 aromatic rings. The second-order valence-corrected chi connectivity index (χ2v) is 4.99. The molecule has 0 bridgehead atoms. The van der Waals surface area contributed by atoms with Gasteiger partial charge in [-0.1, -0.05) is 13.0 Å². The van der Waals surface area contributed by atoms with Crippen LogP contribution in [0.4, 0.5) is 0 Å². The van der Waals surface area contributed by atoms with Crippen LogP contribution in [0.25, 0.3) is 0 Å². The van der Waals surface area contributed by atoms with E-state index < -0.39 is 0 Å². The molecule has 1 aliphatic rings. The molecule has 1 aromatic carbocycles. The molecule has 3 heteroatoms. The molecule has 0 heterocycles. The Hall–Kier alpha value is -1.69.